The molecule has 0 fully saturated rings. The van der Waals surface area contributed by atoms with Crippen LogP contribution in [0.15, 0.2) is 55.0 Å². The van der Waals surface area contributed by atoms with E-state index in [1.807, 2.05) is 13.0 Å². The van der Waals surface area contributed by atoms with Gasteiger partial charge in [-0.25, -0.2) is 0 Å². The molecular formula is C10H14N2. The predicted molar refractivity (Wildman–Crippen MR) is 54.9 cm³/mol. The highest BCUT2D eigenvalue weighted by Gasteiger charge is 1.95. The second-order valence-corrected chi connectivity index (χ2v) is 2.06. The summed E-state index contributed by atoms with van der Waals surface area (Å²) in [6.07, 6.45) is 6.60. The van der Waals surface area contributed by atoms with E-state index in [0.29, 0.717) is 0 Å². The van der Waals surface area contributed by atoms with Crippen LogP contribution in [0.3, 0.4) is 0 Å². The van der Waals surface area contributed by atoms with Crippen LogP contribution in [-0.2, 0) is 0 Å². The molecule has 1 N–H and O–H groups in total. The van der Waals surface area contributed by atoms with Gasteiger partial charge in [0.25, 0.3) is 0 Å². The topological polar surface area (TPSA) is 24.4 Å². The van der Waals surface area contributed by atoms with Crippen LogP contribution in [0.25, 0.3) is 0 Å². The number of hydrogen-bond acceptors (Lipinski definition) is 2. The number of nitrogens with zero attached hydrogens (tertiary/aromatic N) is 1. The number of allylic oxidation sites excluding steroid dienone is 3. The summed E-state index contributed by atoms with van der Waals surface area (Å²) in [6.45, 7) is 12.5. The first kappa shape index (κ1) is 10.4. The Morgan fingerprint density at radius 1 is 1.33 bits per heavy atom. The van der Waals surface area contributed by atoms with Crippen molar-refractivity contribution in [3.8, 4) is 0 Å². The van der Waals surface area contributed by atoms with Crippen molar-refractivity contribution in [1.82, 2.24) is 5.32 Å². The fraction of sp³-hybridized carbons (Fsp3) is 0.100. The minimum absolute atomic E-state index is 0.852. The maximum Gasteiger partial charge on any atom is 0.0606 e. The minimum atomic E-state index is 0.852. The van der Waals surface area contributed by atoms with Gasteiger partial charge in [0.05, 0.1) is 11.4 Å². The molecule has 0 aliphatic heterocycles. The smallest absolute Gasteiger partial charge is 0.0606 e. The zero-order chi connectivity index (χ0) is 9.40. The Hall–Kier alpha value is -1.57. The molecule has 0 rings (SSSR count). The van der Waals surface area contributed by atoms with E-state index in [-0.39, 0.29) is 0 Å². The molecule has 0 heterocycles. The standard InChI is InChI=1S/C10H14N2/c1-5-8-10(12-7-3)9(4)11-6-2/h5-8,12H,1-3H2,4H3/b10-8+,11-9-. The molecule has 0 aromatic rings. The fourth-order valence-electron chi connectivity index (χ4n) is 0.707. The second kappa shape index (κ2) is 6.16. The summed E-state index contributed by atoms with van der Waals surface area (Å²) in [5, 5.41) is 2.94. The molecule has 0 amide bonds. The average molecular weight is 162 g/mol. The molecular weight excluding hydrogens is 148 g/mol. The van der Waals surface area contributed by atoms with Crippen molar-refractivity contribution >= 4 is 5.71 Å². The third kappa shape index (κ3) is 3.56. The van der Waals surface area contributed by atoms with Gasteiger partial charge in [0.1, 0.15) is 0 Å². The molecule has 0 bridgehead atoms. The highest BCUT2D eigenvalue weighted by atomic mass is 14.9. The van der Waals surface area contributed by atoms with E-state index in [2.05, 4.69) is 30.0 Å². The van der Waals surface area contributed by atoms with E-state index in [1.165, 1.54) is 6.20 Å². The third-order valence-electron chi connectivity index (χ3n) is 1.22. The van der Waals surface area contributed by atoms with Gasteiger partial charge in [0, 0.05) is 6.20 Å². The van der Waals surface area contributed by atoms with E-state index in [1.54, 1.807) is 12.3 Å². The van der Waals surface area contributed by atoms with Gasteiger partial charge in [-0.15, -0.1) is 0 Å². The lowest BCUT2D eigenvalue weighted by molar-refractivity contribution is 1.13. The number of hydrogen-bond donors (Lipinski definition) is 1. The molecule has 0 radical (unpaired) electrons. The van der Waals surface area contributed by atoms with Gasteiger partial charge in [0.15, 0.2) is 0 Å². The van der Waals surface area contributed by atoms with E-state index < -0.39 is 0 Å². The number of nitrogens with one attached hydrogen (secondary N) is 1. The Labute approximate surface area is 73.7 Å². The van der Waals surface area contributed by atoms with Gasteiger partial charge in [-0.05, 0) is 19.2 Å². The lowest BCUT2D eigenvalue weighted by Crippen LogP contribution is -2.11. The summed E-state index contributed by atoms with van der Waals surface area (Å²) in [6, 6.07) is 0. The van der Waals surface area contributed by atoms with Crippen LogP contribution in [0.1, 0.15) is 6.92 Å². The van der Waals surface area contributed by atoms with E-state index in [9.17, 15) is 0 Å². The first-order valence-corrected chi connectivity index (χ1v) is 3.62. The normalized spacial score (nSPS) is 12.1. The van der Waals surface area contributed by atoms with Crippen molar-refractivity contribution in [2.75, 3.05) is 0 Å². The average Bonchev–Trinajstić information content (AvgIpc) is 2.04. The summed E-state index contributed by atoms with van der Waals surface area (Å²) < 4.78 is 0. The molecule has 0 atom stereocenters. The maximum absolute atomic E-state index is 4.02. The lowest BCUT2D eigenvalue weighted by Gasteiger charge is -2.03. The molecule has 2 nitrogen and oxygen atoms in total. The van der Waals surface area contributed by atoms with Crippen molar-refractivity contribution < 1.29 is 0 Å². The molecule has 0 aromatic heterocycles. The van der Waals surface area contributed by atoms with Gasteiger partial charge in [0.2, 0.25) is 0 Å². The molecule has 12 heavy (non-hydrogen) atoms. The molecule has 64 valence electrons. The Morgan fingerprint density at radius 3 is 2.42 bits per heavy atom. The van der Waals surface area contributed by atoms with Crippen LogP contribution in [0, 0.1) is 0 Å². The van der Waals surface area contributed by atoms with Crippen LogP contribution in [-0.4, -0.2) is 5.71 Å². The Morgan fingerprint density at radius 2 is 2.00 bits per heavy atom. The van der Waals surface area contributed by atoms with Gasteiger partial charge >= 0.3 is 0 Å². The molecule has 2 heteroatoms. The SMILES string of the molecule is C=C/C=C(NC=C)\C(C)=N/C=C. The van der Waals surface area contributed by atoms with Gasteiger partial charge in [-0.3, -0.25) is 4.99 Å². The number of aliphatic imine (C=N–C) groups is 1. The first-order chi connectivity index (χ1) is 5.76. The molecule has 0 aromatic carbocycles. The quantitative estimate of drug-likeness (QED) is 0.487. The minimum Gasteiger partial charge on any atom is -0.361 e. The molecule has 0 saturated heterocycles. The largest absolute Gasteiger partial charge is 0.361 e. The Balaban J connectivity index is 4.60. The Kier molecular flexibility index (Phi) is 5.35. The van der Waals surface area contributed by atoms with Gasteiger partial charge in [-0.1, -0.05) is 25.8 Å². The highest BCUT2D eigenvalue weighted by Crippen LogP contribution is 1.94. The second-order valence-electron chi connectivity index (χ2n) is 2.06. The Bertz CT molecular complexity index is 234. The van der Waals surface area contributed by atoms with Crippen molar-refractivity contribution in [3.63, 3.8) is 0 Å². The predicted octanol–water partition coefficient (Wildman–Crippen LogP) is 2.39. The summed E-state index contributed by atoms with van der Waals surface area (Å²) >= 11 is 0. The third-order valence-corrected chi connectivity index (χ3v) is 1.22. The zero-order valence-electron chi connectivity index (χ0n) is 7.38. The van der Waals surface area contributed by atoms with Crippen LogP contribution in [0.4, 0.5) is 0 Å². The van der Waals surface area contributed by atoms with Gasteiger partial charge in [-0.2, -0.15) is 0 Å². The van der Waals surface area contributed by atoms with Crippen LogP contribution < -0.4 is 5.32 Å². The summed E-state index contributed by atoms with van der Waals surface area (Å²) in [7, 11) is 0. The van der Waals surface area contributed by atoms with Gasteiger partial charge < -0.3 is 5.32 Å². The molecule has 0 saturated carbocycles. The molecule has 0 unspecified atom stereocenters. The maximum atomic E-state index is 4.02. The van der Waals surface area contributed by atoms with E-state index in [4.69, 9.17) is 0 Å². The van der Waals surface area contributed by atoms with Crippen LogP contribution >= 0.6 is 0 Å². The van der Waals surface area contributed by atoms with Crippen molar-refractivity contribution in [3.05, 3.63) is 50.0 Å². The molecule has 0 spiro atoms. The monoisotopic (exact) mass is 162 g/mol. The molecule has 0 aliphatic rings. The van der Waals surface area contributed by atoms with E-state index >= 15 is 0 Å². The van der Waals surface area contributed by atoms with Crippen molar-refractivity contribution in [2.45, 2.75) is 6.92 Å². The van der Waals surface area contributed by atoms with Crippen molar-refractivity contribution in [1.29, 1.82) is 0 Å². The van der Waals surface area contributed by atoms with Crippen LogP contribution in [0.5, 0.6) is 0 Å². The zero-order valence-corrected chi connectivity index (χ0v) is 7.38. The number of rotatable bonds is 5. The van der Waals surface area contributed by atoms with E-state index in [0.717, 1.165) is 11.4 Å². The highest BCUT2D eigenvalue weighted by molar-refractivity contribution is 5.98. The van der Waals surface area contributed by atoms with Crippen LogP contribution in [0.2, 0.25) is 0 Å². The lowest BCUT2D eigenvalue weighted by atomic mass is 10.3. The summed E-state index contributed by atoms with van der Waals surface area (Å²) in [4.78, 5) is 4.02. The fourth-order valence-corrected chi connectivity index (χ4v) is 0.707. The molecule has 0 aliphatic carbocycles. The van der Waals surface area contributed by atoms with Crippen molar-refractivity contribution in [2.24, 2.45) is 4.99 Å². The summed E-state index contributed by atoms with van der Waals surface area (Å²) in [5.41, 5.74) is 1.73. The summed E-state index contributed by atoms with van der Waals surface area (Å²) in [5.74, 6) is 0. The first-order valence-electron chi connectivity index (χ1n) is 3.62.